The van der Waals surface area contributed by atoms with Gasteiger partial charge in [0.15, 0.2) is 5.65 Å². The van der Waals surface area contributed by atoms with E-state index in [1.54, 1.807) is 11.5 Å². The summed E-state index contributed by atoms with van der Waals surface area (Å²) < 4.78 is 8.54. The highest BCUT2D eigenvalue weighted by Gasteiger charge is 2.28. The Morgan fingerprint density at radius 1 is 1.34 bits per heavy atom. The first kappa shape index (κ1) is 19.6. The molecule has 1 aliphatic carbocycles. The minimum atomic E-state index is -0.195. The van der Waals surface area contributed by atoms with Gasteiger partial charge in [-0.3, -0.25) is 4.79 Å². The Labute approximate surface area is 169 Å². The number of nitrogens with zero attached hydrogens (tertiary/aromatic N) is 3. The van der Waals surface area contributed by atoms with Crippen LogP contribution in [0.5, 0.6) is 0 Å². The molecular weight excluding hydrogens is 368 g/mol. The van der Waals surface area contributed by atoms with E-state index >= 15 is 0 Å². The van der Waals surface area contributed by atoms with Crippen LogP contribution in [0.15, 0.2) is 35.1 Å². The van der Waals surface area contributed by atoms with Crippen LogP contribution in [0, 0.1) is 12.8 Å². The van der Waals surface area contributed by atoms with Gasteiger partial charge in [0.1, 0.15) is 0 Å². The molecule has 1 amide bonds. The van der Waals surface area contributed by atoms with Crippen molar-refractivity contribution in [1.82, 2.24) is 19.5 Å². The molecule has 29 heavy (non-hydrogen) atoms. The summed E-state index contributed by atoms with van der Waals surface area (Å²) in [5.41, 5.74) is 2.26. The minimum Gasteiger partial charge on any atom is -0.381 e. The second kappa shape index (κ2) is 7.99. The zero-order chi connectivity index (χ0) is 20.5. The Bertz CT molecular complexity index is 1100. The molecule has 1 fully saturated rings. The molecule has 1 N–H and O–H groups in total. The van der Waals surface area contributed by atoms with Gasteiger partial charge in [-0.1, -0.05) is 24.6 Å². The third kappa shape index (κ3) is 3.79. The van der Waals surface area contributed by atoms with Gasteiger partial charge in [-0.25, -0.2) is 13.9 Å². The molecule has 7 nitrogen and oxygen atoms in total. The Kier molecular flexibility index (Phi) is 5.41. The van der Waals surface area contributed by atoms with E-state index in [0.29, 0.717) is 12.2 Å². The number of carbonyl (C=O) groups excluding carboxylic acids is 1. The summed E-state index contributed by atoms with van der Waals surface area (Å²) >= 11 is 0. The molecular formula is C22H28N4O3. The quantitative estimate of drug-likeness (QED) is 0.719. The molecule has 0 spiro atoms. The monoisotopic (exact) mass is 396 g/mol. The van der Waals surface area contributed by atoms with Gasteiger partial charge in [-0.2, -0.15) is 0 Å². The maximum Gasteiger partial charge on any atom is 0.350 e. The van der Waals surface area contributed by atoms with Crippen LogP contribution < -0.4 is 11.0 Å². The lowest BCUT2D eigenvalue weighted by Crippen LogP contribution is -2.43. The molecule has 0 aliphatic heterocycles. The highest BCUT2D eigenvalue weighted by atomic mass is 16.5. The average Bonchev–Trinajstić information content (AvgIpc) is 3.05. The number of fused-ring (bicyclic) bond motifs is 3. The van der Waals surface area contributed by atoms with Crippen molar-refractivity contribution in [3.05, 3.63) is 46.4 Å². The topological polar surface area (TPSA) is 77.6 Å². The predicted octanol–water partition coefficient (Wildman–Crippen LogP) is 2.67. The van der Waals surface area contributed by atoms with Gasteiger partial charge >= 0.3 is 5.69 Å². The van der Waals surface area contributed by atoms with Crippen molar-refractivity contribution in [2.75, 3.05) is 7.11 Å². The van der Waals surface area contributed by atoms with Crippen molar-refractivity contribution in [1.29, 1.82) is 0 Å². The van der Waals surface area contributed by atoms with Gasteiger partial charge in [0, 0.05) is 19.1 Å². The molecule has 0 saturated heterocycles. The van der Waals surface area contributed by atoms with Crippen LogP contribution in [0.1, 0.15) is 38.2 Å². The van der Waals surface area contributed by atoms with Crippen molar-refractivity contribution < 1.29 is 9.53 Å². The van der Waals surface area contributed by atoms with Crippen molar-refractivity contribution in [2.24, 2.45) is 5.92 Å². The van der Waals surface area contributed by atoms with E-state index in [1.165, 1.54) is 4.68 Å². The maximum absolute atomic E-state index is 13.0. The van der Waals surface area contributed by atoms with Gasteiger partial charge in [-0.15, -0.1) is 5.10 Å². The maximum atomic E-state index is 13.0. The number of hydrogen-bond donors (Lipinski definition) is 1. The second-order valence-corrected chi connectivity index (χ2v) is 8.14. The van der Waals surface area contributed by atoms with Crippen LogP contribution >= 0.6 is 0 Å². The van der Waals surface area contributed by atoms with E-state index in [0.717, 1.165) is 42.1 Å². The normalized spacial score (nSPS) is 20.8. The van der Waals surface area contributed by atoms with E-state index in [1.807, 2.05) is 44.2 Å². The second-order valence-electron chi connectivity index (χ2n) is 8.14. The van der Waals surface area contributed by atoms with Crippen molar-refractivity contribution >= 4 is 22.5 Å². The van der Waals surface area contributed by atoms with E-state index in [9.17, 15) is 9.59 Å². The van der Waals surface area contributed by atoms with Crippen molar-refractivity contribution in [3.63, 3.8) is 0 Å². The summed E-state index contributed by atoms with van der Waals surface area (Å²) in [4.78, 5) is 25.7. The van der Waals surface area contributed by atoms with Gasteiger partial charge in [-0.05, 0) is 56.2 Å². The number of carbonyl (C=O) groups is 1. The summed E-state index contributed by atoms with van der Waals surface area (Å²) in [6.07, 6.45) is 3.82. The molecule has 1 aromatic carbocycles. The lowest BCUT2D eigenvalue weighted by molar-refractivity contribution is -0.128. The number of nitrogens with one attached hydrogen (secondary N) is 1. The number of aryl methyl sites for hydroxylation is 1. The average molecular weight is 396 g/mol. The van der Waals surface area contributed by atoms with E-state index in [-0.39, 0.29) is 29.7 Å². The number of para-hydroxylation sites is 1. The molecule has 154 valence electrons. The Morgan fingerprint density at radius 2 is 2.14 bits per heavy atom. The molecule has 3 atom stereocenters. The van der Waals surface area contributed by atoms with Crippen LogP contribution in [0.3, 0.4) is 0 Å². The van der Waals surface area contributed by atoms with E-state index < -0.39 is 0 Å². The summed E-state index contributed by atoms with van der Waals surface area (Å²) in [6, 6.07) is 9.64. The summed E-state index contributed by atoms with van der Waals surface area (Å²) in [5.74, 6) is 0.0119. The molecule has 2 heterocycles. The first-order valence-corrected chi connectivity index (χ1v) is 10.3. The number of methoxy groups -OCH3 is 1. The summed E-state index contributed by atoms with van der Waals surface area (Å²) in [7, 11) is 1.70. The molecule has 3 aromatic rings. The number of hydrogen-bond acceptors (Lipinski definition) is 4. The molecule has 1 saturated carbocycles. The van der Waals surface area contributed by atoms with E-state index in [2.05, 4.69) is 10.4 Å². The van der Waals surface area contributed by atoms with Gasteiger partial charge in [0.2, 0.25) is 5.91 Å². The van der Waals surface area contributed by atoms with Crippen LogP contribution in [0.4, 0.5) is 0 Å². The van der Waals surface area contributed by atoms with Crippen molar-refractivity contribution in [3.8, 4) is 0 Å². The number of rotatable bonds is 5. The fraction of sp³-hybridized carbons (Fsp3) is 0.500. The highest BCUT2D eigenvalue weighted by molar-refractivity contribution is 5.83. The zero-order valence-corrected chi connectivity index (χ0v) is 17.2. The molecule has 4 rings (SSSR count). The fourth-order valence-electron chi connectivity index (χ4n) is 4.37. The molecule has 0 unspecified atom stereocenters. The molecule has 0 radical (unpaired) electrons. The molecule has 2 aromatic heterocycles. The molecule has 7 heteroatoms. The van der Waals surface area contributed by atoms with Crippen LogP contribution in [0.25, 0.3) is 16.6 Å². The Hall–Kier alpha value is -2.67. The zero-order valence-electron chi connectivity index (χ0n) is 17.2. The highest BCUT2D eigenvalue weighted by Crippen LogP contribution is 2.26. The third-order valence-electron chi connectivity index (χ3n) is 5.91. The number of pyridine rings is 1. The van der Waals surface area contributed by atoms with Gasteiger partial charge in [0.25, 0.3) is 0 Å². The number of ether oxygens (including phenoxy) is 1. The predicted molar refractivity (Wildman–Crippen MR) is 112 cm³/mol. The van der Waals surface area contributed by atoms with Crippen molar-refractivity contribution in [2.45, 2.75) is 58.2 Å². The molecule has 0 bridgehead atoms. The summed E-state index contributed by atoms with van der Waals surface area (Å²) in [5, 5.41) is 8.61. The van der Waals surface area contributed by atoms with Crippen LogP contribution in [-0.2, 0) is 16.1 Å². The Balaban J connectivity index is 1.54. The first-order valence-electron chi connectivity index (χ1n) is 10.3. The van der Waals surface area contributed by atoms with Gasteiger partial charge in [0.05, 0.1) is 18.2 Å². The third-order valence-corrected chi connectivity index (χ3v) is 5.91. The van der Waals surface area contributed by atoms with Crippen LogP contribution in [-0.4, -0.2) is 39.3 Å². The molecule has 1 aliphatic rings. The largest absolute Gasteiger partial charge is 0.381 e. The minimum absolute atomic E-state index is 0.0277. The fourth-order valence-corrected chi connectivity index (χ4v) is 4.37. The van der Waals surface area contributed by atoms with Gasteiger partial charge < -0.3 is 10.1 Å². The van der Waals surface area contributed by atoms with Crippen LogP contribution in [0.2, 0.25) is 0 Å². The lowest BCUT2D eigenvalue weighted by Gasteiger charge is -2.28. The SMILES string of the molecule is CO[C@@H]1CCC[C@H](C(=O)N[C@@H](C)Cn2nc3c(C)cc4ccccc4n3c2=O)C1. The summed E-state index contributed by atoms with van der Waals surface area (Å²) in [6.45, 7) is 4.20. The van der Waals surface area contributed by atoms with E-state index in [4.69, 9.17) is 4.74 Å². The standard InChI is InChI=1S/C22H28N4O3/c1-14-11-16-7-4-5-10-19(16)26-20(14)24-25(22(26)28)13-15(2)23-21(27)17-8-6-9-18(12-17)29-3/h4-5,7,10-11,15,17-18H,6,8-9,12-13H2,1-3H3,(H,23,27)/t15-,17-,18+/m0/s1. The first-order chi connectivity index (χ1) is 14.0. The Morgan fingerprint density at radius 3 is 2.93 bits per heavy atom. The smallest absolute Gasteiger partial charge is 0.350 e. The lowest BCUT2D eigenvalue weighted by atomic mass is 9.86. The number of benzene rings is 1. The number of amides is 1. The number of aromatic nitrogens is 3.